The molecule has 1 fully saturated rings. The first kappa shape index (κ1) is 15.2. The molecule has 0 radical (unpaired) electrons. The monoisotopic (exact) mass is 318 g/mol. The van der Waals surface area contributed by atoms with Crippen LogP contribution in [0.5, 0.6) is 0 Å². The number of sulfonamides is 1. The van der Waals surface area contributed by atoms with Gasteiger partial charge in [-0.05, 0) is 30.9 Å². The number of piperidine rings is 1. The van der Waals surface area contributed by atoms with Gasteiger partial charge in [-0.3, -0.25) is 10.1 Å². The van der Waals surface area contributed by atoms with Gasteiger partial charge in [-0.25, -0.2) is 8.42 Å². The molecular formula is C12H15ClN2O4S. The SMILES string of the molecule is CC1CCN(S(=O)(=O)c2ccc(Cl)c([N+](=O)[O-])c2)CC1. The second kappa shape index (κ2) is 5.67. The van der Waals surface area contributed by atoms with E-state index in [4.69, 9.17) is 11.6 Å². The Kier molecular flexibility index (Phi) is 4.31. The number of nitro groups is 1. The van der Waals surface area contributed by atoms with E-state index >= 15 is 0 Å². The number of halogens is 1. The Hall–Kier alpha value is -1.18. The molecule has 0 saturated carbocycles. The Morgan fingerprint density at radius 2 is 1.95 bits per heavy atom. The fourth-order valence-corrected chi connectivity index (χ4v) is 3.84. The molecule has 6 nitrogen and oxygen atoms in total. The summed E-state index contributed by atoms with van der Waals surface area (Å²) in [4.78, 5) is 10.1. The molecule has 0 atom stereocenters. The Morgan fingerprint density at radius 1 is 1.35 bits per heavy atom. The lowest BCUT2D eigenvalue weighted by Gasteiger charge is -2.29. The van der Waals surface area contributed by atoms with Crippen LogP contribution in [0.1, 0.15) is 19.8 Å². The van der Waals surface area contributed by atoms with Crippen molar-refractivity contribution in [3.05, 3.63) is 33.3 Å². The quantitative estimate of drug-likeness (QED) is 0.634. The first-order valence-corrected chi connectivity index (χ1v) is 8.08. The van der Waals surface area contributed by atoms with E-state index in [-0.39, 0.29) is 9.92 Å². The van der Waals surface area contributed by atoms with E-state index in [1.165, 1.54) is 16.4 Å². The fourth-order valence-electron chi connectivity index (χ4n) is 2.17. The highest BCUT2D eigenvalue weighted by atomic mass is 35.5. The summed E-state index contributed by atoms with van der Waals surface area (Å²) in [6.07, 6.45) is 1.60. The van der Waals surface area contributed by atoms with Crippen LogP contribution in [0.2, 0.25) is 5.02 Å². The van der Waals surface area contributed by atoms with Gasteiger partial charge in [-0.2, -0.15) is 4.31 Å². The summed E-state index contributed by atoms with van der Waals surface area (Å²) >= 11 is 5.70. The molecule has 0 amide bonds. The Bertz CT molecular complexity index is 624. The highest BCUT2D eigenvalue weighted by Crippen LogP contribution is 2.30. The van der Waals surface area contributed by atoms with Crippen molar-refractivity contribution in [2.75, 3.05) is 13.1 Å². The van der Waals surface area contributed by atoms with Gasteiger partial charge < -0.3 is 0 Å². The molecule has 0 aromatic heterocycles. The lowest BCUT2D eigenvalue weighted by molar-refractivity contribution is -0.384. The van der Waals surface area contributed by atoms with Gasteiger partial charge in [0.15, 0.2) is 0 Å². The van der Waals surface area contributed by atoms with Crippen LogP contribution in [0.25, 0.3) is 0 Å². The summed E-state index contributed by atoms with van der Waals surface area (Å²) in [5, 5.41) is 10.8. The van der Waals surface area contributed by atoms with Gasteiger partial charge in [0.1, 0.15) is 5.02 Å². The average Bonchev–Trinajstić information content (AvgIpc) is 2.39. The van der Waals surface area contributed by atoms with E-state index in [0.717, 1.165) is 18.9 Å². The molecule has 110 valence electrons. The minimum absolute atomic E-state index is 0.0683. The van der Waals surface area contributed by atoms with Gasteiger partial charge in [0.25, 0.3) is 5.69 Å². The molecule has 0 spiro atoms. The zero-order valence-electron chi connectivity index (χ0n) is 11.0. The van der Waals surface area contributed by atoms with E-state index in [9.17, 15) is 18.5 Å². The number of hydrogen-bond donors (Lipinski definition) is 0. The van der Waals surface area contributed by atoms with E-state index in [1.807, 2.05) is 0 Å². The van der Waals surface area contributed by atoms with E-state index in [2.05, 4.69) is 6.92 Å². The van der Waals surface area contributed by atoms with Crippen LogP contribution in [-0.2, 0) is 10.0 Å². The van der Waals surface area contributed by atoms with Gasteiger partial charge in [0, 0.05) is 19.2 Å². The number of benzene rings is 1. The third-order valence-corrected chi connectivity index (χ3v) is 5.71. The molecule has 1 heterocycles. The second-order valence-corrected chi connectivity index (χ2v) is 7.30. The Labute approximate surface area is 122 Å². The zero-order chi connectivity index (χ0) is 14.9. The molecule has 0 N–H and O–H groups in total. The summed E-state index contributed by atoms with van der Waals surface area (Å²) in [5.41, 5.74) is -0.391. The predicted octanol–water partition coefficient (Wildman–Crippen LogP) is 2.67. The molecular weight excluding hydrogens is 304 g/mol. The molecule has 0 unspecified atom stereocenters. The topological polar surface area (TPSA) is 80.5 Å². The number of nitrogens with zero attached hydrogens (tertiary/aromatic N) is 2. The normalized spacial score (nSPS) is 18.1. The second-order valence-electron chi connectivity index (χ2n) is 4.96. The van der Waals surface area contributed by atoms with Crippen LogP contribution in [0, 0.1) is 16.0 Å². The fraction of sp³-hybridized carbons (Fsp3) is 0.500. The number of rotatable bonds is 3. The third kappa shape index (κ3) is 2.94. The van der Waals surface area contributed by atoms with Crippen molar-refractivity contribution in [2.45, 2.75) is 24.7 Å². The van der Waals surface area contributed by atoms with Crippen molar-refractivity contribution in [3.8, 4) is 0 Å². The minimum atomic E-state index is -3.69. The standard InChI is InChI=1S/C12H15ClN2O4S/c1-9-4-6-14(7-5-9)20(18,19)10-2-3-11(13)12(8-10)15(16)17/h2-3,8-9H,4-7H2,1H3. The van der Waals surface area contributed by atoms with Crippen LogP contribution in [0.4, 0.5) is 5.69 Å². The molecule has 2 rings (SSSR count). The summed E-state index contributed by atoms with van der Waals surface area (Å²) in [6, 6.07) is 3.58. The number of nitro benzene ring substituents is 1. The van der Waals surface area contributed by atoms with Gasteiger partial charge in [-0.1, -0.05) is 18.5 Å². The third-order valence-electron chi connectivity index (χ3n) is 3.49. The van der Waals surface area contributed by atoms with Crippen LogP contribution < -0.4 is 0 Å². The maximum atomic E-state index is 12.4. The van der Waals surface area contributed by atoms with Gasteiger partial charge in [-0.15, -0.1) is 0 Å². The first-order chi connectivity index (χ1) is 9.32. The van der Waals surface area contributed by atoms with Crippen molar-refractivity contribution in [3.63, 3.8) is 0 Å². The van der Waals surface area contributed by atoms with Crippen molar-refractivity contribution < 1.29 is 13.3 Å². The predicted molar refractivity (Wildman–Crippen MR) is 75.3 cm³/mol. The molecule has 1 aliphatic rings. The molecule has 1 saturated heterocycles. The van der Waals surface area contributed by atoms with Crippen LogP contribution in [-0.4, -0.2) is 30.7 Å². The van der Waals surface area contributed by atoms with E-state index in [0.29, 0.717) is 19.0 Å². The summed E-state index contributed by atoms with van der Waals surface area (Å²) in [6.45, 7) is 2.97. The van der Waals surface area contributed by atoms with Crippen LogP contribution >= 0.6 is 11.6 Å². The van der Waals surface area contributed by atoms with Crippen LogP contribution in [0.15, 0.2) is 23.1 Å². The first-order valence-electron chi connectivity index (χ1n) is 6.26. The Morgan fingerprint density at radius 3 is 2.50 bits per heavy atom. The smallest absolute Gasteiger partial charge is 0.258 e. The van der Waals surface area contributed by atoms with Crippen molar-refractivity contribution >= 4 is 27.3 Å². The Balaban J connectivity index is 2.35. The van der Waals surface area contributed by atoms with Gasteiger partial charge in [0.2, 0.25) is 10.0 Å². The molecule has 0 aliphatic carbocycles. The molecule has 1 aromatic rings. The molecule has 1 aliphatic heterocycles. The summed E-state index contributed by atoms with van der Waals surface area (Å²) in [5.74, 6) is 0.501. The lowest BCUT2D eigenvalue weighted by atomic mass is 10.0. The van der Waals surface area contributed by atoms with Crippen molar-refractivity contribution in [2.24, 2.45) is 5.92 Å². The summed E-state index contributed by atoms with van der Waals surface area (Å²) in [7, 11) is -3.69. The molecule has 0 bridgehead atoms. The van der Waals surface area contributed by atoms with Gasteiger partial charge >= 0.3 is 0 Å². The van der Waals surface area contributed by atoms with E-state index < -0.39 is 20.6 Å². The zero-order valence-corrected chi connectivity index (χ0v) is 12.5. The maximum Gasteiger partial charge on any atom is 0.289 e. The van der Waals surface area contributed by atoms with Crippen LogP contribution in [0.3, 0.4) is 0 Å². The molecule has 8 heteroatoms. The highest BCUT2D eigenvalue weighted by Gasteiger charge is 2.29. The van der Waals surface area contributed by atoms with Crippen molar-refractivity contribution in [1.29, 1.82) is 0 Å². The average molecular weight is 319 g/mol. The highest BCUT2D eigenvalue weighted by molar-refractivity contribution is 7.89. The largest absolute Gasteiger partial charge is 0.289 e. The lowest BCUT2D eigenvalue weighted by Crippen LogP contribution is -2.37. The summed E-state index contributed by atoms with van der Waals surface area (Å²) < 4.78 is 26.3. The van der Waals surface area contributed by atoms with Crippen molar-refractivity contribution in [1.82, 2.24) is 4.31 Å². The maximum absolute atomic E-state index is 12.4. The number of hydrogen-bond acceptors (Lipinski definition) is 4. The molecule has 1 aromatic carbocycles. The van der Waals surface area contributed by atoms with Gasteiger partial charge in [0.05, 0.1) is 9.82 Å². The molecule has 20 heavy (non-hydrogen) atoms. The minimum Gasteiger partial charge on any atom is -0.258 e. The van der Waals surface area contributed by atoms with E-state index in [1.54, 1.807) is 0 Å².